The molecule has 0 aliphatic carbocycles. The molecule has 0 saturated carbocycles. The van der Waals surface area contributed by atoms with Crippen LogP contribution >= 0.6 is 0 Å². The molecule has 0 aliphatic heterocycles. The van der Waals surface area contributed by atoms with E-state index in [1.54, 1.807) is 30.3 Å². The van der Waals surface area contributed by atoms with E-state index in [4.69, 9.17) is 4.74 Å². The lowest BCUT2D eigenvalue weighted by Crippen LogP contribution is -2.42. The Morgan fingerprint density at radius 2 is 1.59 bits per heavy atom. The lowest BCUT2D eigenvalue weighted by atomic mass is 10.1. The van der Waals surface area contributed by atoms with Gasteiger partial charge in [0.05, 0.1) is 17.8 Å². The molecule has 3 aromatic rings. The summed E-state index contributed by atoms with van der Waals surface area (Å²) < 4.78 is 29.7. The average Bonchev–Trinajstić information content (AvgIpc) is 2.76. The summed E-state index contributed by atoms with van der Waals surface area (Å²) in [4.78, 5) is 24.9. The molecule has 0 aliphatic rings. The fraction of sp³-hybridized carbons (Fsp3) is 0.182. The molecule has 0 unspecified atom stereocenters. The van der Waals surface area contributed by atoms with Gasteiger partial charge in [-0.15, -0.1) is 0 Å². The molecule has 6 nitrogen and oxygen atoms in total. The molecule has 0 fully saturated rings. The highest BCUT2D eigenvalue weighted by atomic mass is 32.2. The number of fused-ring (bicyclic) bond motifs is 1. The van der Waals surface area contributed by atoms with Gasteiger partial charge in [-0.3, -0.25) is 4.79 Å². The number of hydrogen-bond donors (Lipinski definition) is 1. The number of rotatable bonds is 7. The summed E-state index contributed by atoms with van der Waals surface area (Å²) in [6.45, 7) is 0. The number of hydrogen-bond acceptors (Lipinski definition) is 5. The van der Waals surface area contributed by atoms with E-state index in [0.717, 1.165) is 10.8 Å². The van der Waals surface area contributed by atoms with Crippen molar-refractivity contribution in [3.05, 3.63) is 78.4 Å². The van der Waals surface area contributed by atoms with Crippen molar-refractivity contribution >= 4 is 32.5 Å². The van der Waals surface area contributed by atoms with Gasteiger partial charge in [0.1, 0.15) is 6.04 Å². The van der Waals surface area contributed by atoms with Gasteiger partial charge in [0, 0.05) is 5.56 Å². The highest BCUT2D eigenvalue weighted by Gasteiger charge is 2.25. The molecule has 1 N–H and O–H groups in total. The normalized spacial score (nSPS) is 12.3. The molecule has 0 saturated heterocycles. The minimum absolute atomic E-state index is 0.0940. The molecule has 3 rings (SSSR count). The van der Waals surface area contributed by atoms with Gasteiger partial charge in [-0.25, -0.2) is 13.2 Å². The number of benzene rings is 3. The van der Waals surface area contributed by atoms with Crippen LogP contribution in [-0.4, -0.2) is 39.2 Å². The zero-order valence-electron chi connectivity index (χ0n) is 15.9. The maximum absolute atomic E-state index is 12.6. The second-order valence-electron chi connectivity index (χ2n) is 6.53. The molecule has 0 heterocycles. The smallest absolute Gasteiger partial charge is 0.328 e. The lowest BCUT2D eigenvalue weighted by Gasteiger charge is -2.17. The maximum atomic E-state index is 12.6. The van der Waals surface area contributed by atoms with Gasteiger partial charge in [-0.1, -0.05) is 48.5 Å². The summed E-state index contributed by atoms with van der Waals surface area (Å²) in [6, 6.07) is 19.7. The average molecular weight is 411 g/mol. The van der Waals surface area contributed by atoms with Gasteiger partial charge in [0.2, 0.25) is 0 Å². The molecule has 0 spiro atoms. The Bertz CT molecular complexity index is 1130. The predicted octanol–water partition coefficient (Wildman–Crippen LogP) is 2.98. The van der Waals surface area contributed by atoms with E-state index < -0.39 is 27.8 Å². The van der Waals surface area contributed by atoms with Crippen molar-refractivity contribution in [3.8, 4) is 0 Å². The second kappa shape index (κ2) is 8.87. The zero-order valence-corrected chi connectivity index (χ0v) is 16.7. The van der Waals surface area contributed by atoms with E-state index in [9.17, 15) is 18.0 Å². The molecular formula is C22H21NO5S. The van der Waals surface area contributed by atoms with Crippen LogP contribution in [0.1, 0.15) is 16.8 Å². The molecule has 7 heteroatoms. The molecule has 0 aromatic heterocycles. The number of ether oxygens (including phenoxy) is 1. The van der Waals surface area contributed by atoms with Crippen LogP contribution in [0, 0.1) is 0 Å². The fourth-order valence-corrected chi connectivity index (χ4v) is 4.34. The Labute approximate surface area is 169 Å². The molecule has 3 aromatic carbocycles. The van der Waals surface area contributed by atoms with Gasteiger partial charge in [0.25, 0.3) is 5.91 Å². The van der Waals surface area contributed by atoms with Crippen LogP contribution in [0.2, 0.25) is 0 Å². The van der Waals surface area contributed by atoms with Crippen molar-refractivity contribution in [1.82, 2.24) is 5.32 Å². The van der Waals surface area contributed by atoms with Crippen LogP contribution in [0.25, 0.3) is 10.8 Å². The first kappa shape index (κ1) is 20.5. The summed E-state index contributed by atoms with van der Waals surface area (Å²) in [6.07, 6.45) is -0.0940. The van der Waals surface area contributed by atoms with E-state index >= 15 is 0 Å². The highest BCUT2D eigenvalue weighted by molar-refractivity contribution is 7.91. The van der Waals surface area contributed by atoms with E-state index in [1.165, 1.54) is 19.2 Å². The first-order valence-electron chi connectivity index (χ1n) is 9.06. The monoisotopic (exact) mass is 411 g/mol. The van der Waals surface area contributed by atoms with Crippen molar-refractivity contribution in [2.45, 2.75) is 17.4 Å². The van der Waals surface area contributed by atoms with Gasteiger partial charge in [-0.05, 0) is 41.5 Å². The van der Waals surface area contributed by atoms with Crippen molar-refractivity contribution in [3.63, 3.8) is 0 Å². The Hall–Kier alpha value is -3.19. The minimum atomic E-state index is -3.59. The number of nitrogens with one attached hydrogen (secondary N) is 1. The van der Waals surface area contributed by atoms with Crippen LogP contribution in [0.5, 0.6) is 0 Å². The molecule has 1 atom stereocenters. The third-order valence-corrected chi connectivity index (χ3v) is 6.34. The minimum Gasteiger partial charge on any atom is -0.467 e. The molecule has 29 heavy (non-hydrogen) atoms. The summed E-state index contributed by atoms with van der Waals surface area (Å²) >= 11 is 0. The maximum Gasteiger partial charge on any atom is 0.328 e. The number of amides is 1. The van der Waals surface area contributed by atoms with Crippen LogP contribution in [0.4, 0.5) is 0 Å². The van der Waals surface area contributed by atoms with Crippen molar-refractivity contribution < 1.29 is 22.7 Å². The fourth-order valence-electron chi connectivity index (χ4n) is 2.98. The molecular weight excluding hydrogens is 390 g/mol. The first-order valence-corrected chi connectivity index (χ1v) is 10.7. The topological polar surface area (TPSA) is 89.5 Å². The van der Waals surface area contributed by atoms with E-state index in [2.05, 4.69) is 5.32 Å². The Balaban J connectivity index is 1.74. The summed E-state index contributed by atoms with van der Waals surface area (Å²) in [7, 11) is -2.39. The number of esters is 1. The second-order valence-corrected chi connectivity index (χ2v) is 8.64. The van der Waals surface area contributed by atoms with Gasteiger partial charge < -0.3 is 10.1 Å². The van der Waals surface area contributed by atoms with E-state index in [-0.39, 0.29) is 17.1 Å². The Kier molecular flexibility index (Phi) is 6.29. The largest absolute Gasteiger partial charge is 0.467 e. The Morgan fingerprint density at radius 3 is 2.28 bits per heavy atom. The lowest BCUT2D eigenvalue weighted by molar-refractivity contribution is -0.142. The van der Waals surface area contributed by atoms with Gasteiger partial charge in [-0.2, -0.15) is 0 Å². The molecule has 0 bridgehead atoms. The number of methoxy groups -OCH3 is 1. The third-order valence-electron chi connectivity index (χ3n) is 4.58. The van der Waals surface area contributed by atoms with Crippen LogP contribution in [0.15, 0.2) is 77.7 Å². The number of sulfone groups is 1. The van der Waals surface area contributed by atoms with E-state index in [0.29, 0.717) is 5.56 Å². The standard InChI is InChI=1S/C22H21NO5S/c1-28-22(25)20(13-14-29(26,27)19-9-3-2-4-10-19)23-21(24)18-12-11-16-7-5-6-8-17(16)15-18/h2-12,15,20H,13-14H2,1H3,(H,23,24)/t20-/m1/s1. The zero-order chi connectivity index (χ0) is 20.9. The van der Waals surface area contributed by atoms with Gasteiger partial charge in [0.15, 0.2) is 9.84 Å². The number of carbonyl (C=O) groups is 2. The Morgan fingerprint density at radius 1 is 0.931 bits per heavy atom. The van der Waals surface area contributed by atoms with E-state index in [1.807, 2.05) is 30.3 Å². The summed E-state index contributed by atoms with van der Waals surface area (Å²) in [5, 5.41) is 4.47. The first-order chi connectivity index (χ1) is 13.9. The molecule has 1 amide bonds. The van der Waals surface area contributed by atoms with Crippen LogP contribution < -0.4 is 5.32 Å². The highest BCUT2D eigenvalue weighted by Crippen LogP contribution is 2.16. The number of carbonyl (C=O) groups excluding carboxylic acids is 2. The molecule has 150 valence electrons. The van der Waals surface area contributed by atoms with Gasteiger partial charge >= 0.3 is 5.97 Å². The predicted molar refractivity (Wildman–Crippen MR) is 110 cm³/mol. The SMILES string of the molecule is COC(=O)[C@@H](CCS(=O)(=O)c1ccccc1)NC(=O)c1ccc2ccccc2c1. The third kappa shape index (κ3) is 5.00. The van der Waals surface area contributed by atoms with Crippen molar-refractivity contribution in [1.29, 1.82) is 0 Å². The summed E-state index contributed by atoms with van der Waals surface area (Å²) in [5.41, 5.74) is 0.378. The van der Waals surface area contributed by atoms with Crippen molar-refractivity contribution in [2.24, 2.45) is 0 Å². The van der Waals surface area contributed by atoms with Crippen LogP contribution in [0.3, 0.4) is 0 Å². The van der Waals surface area contributed by atoms with Crippen LogP contribution in [-0.2, 0) is 19.4 Å². The molecule has 0 radical (unpaired) electrons. The summed E-state index contributed by atoms with van der Waals surface area (Å²) in [5.74, 6) is -1.46. The quantitative estimate of drug-likeness (QED) is 0.604. The van der Waals surface area contributed by atoms with Crippen molar-refractivity contribution in [2.75, 3.05) is 12.9 Å².